The van der Waals surface area contributed by atoms with E-state index < -0.39 is 24.0 Å². The Balaban J connectivity index is 2.02. The molecule has 3 aromatic rings. The number of carbonyl (C=O) groups is 3. The quantitative estimate of drug-likeness (QED) is 0.630. The summed E-state index contributed by atoms with van der Waals surface area (Å²) in [6.07, 6.45) is -1.17. The second kappa shape index (κ2) is 8.73. The number of para-hydroxylation sites is 1. The smallest absolute Gasteiger partial charge is 0.339 e. The number of fused-ring (bicyclic) bond motifs is 1. The van der Waals surface area contributed by atoms with Gasteiger partial charge < -0.3 is 10.5 Å². The minimum Gasteiger partial charge on any atom is -0.448 e. The van der Waals surface area contributed by atoms with Crippen LogP contribution in [-0.4, -0.2) is 29.0 Å². The second-order valence-electron chi connectivity index (χ2n) is 7.36. The van der Waals surface area contributed by atoms with Gasteiger partial charge in [-0.05, 0) is 25.0 Å². The normalized spacial score (nSPS) is 11.9. The number of urea groups is 1. The van der Waals surface area contributed by atoms with E-state index in [4.69, 9.17) is 10.5 Å². The lowest BCUT2D eigenvalue weighted by Gasteiger charge is -2.20. The van der Waals surface area contributed by atoms with Crippen LogP contribution < -0.4 is 11.1 Å². The van der Waals surface area contributed by atoms with E-state index in [-0.39, 0.29) is 11.5 Å². The lowest BCUT2D eigenvalue weighted by atomic mass is 10.0. The van der Waals surface area contributed by atoms with Crippen LogP contribution in [0.2, 0.25) is 0 Å². The van der Waals surface area contributed by atoms with Crippen molar-refractivity contribution in [2.45, 2.75) is 26.9 Å². The Morgan fingerprint density at radius 3 is 2.33 bits per heavy atom. The lowest BCUT2D eigenvalue weighted by molar-refractivity contribution is -0.130. The van der Waals surface area contributed by atoms with Gasteiger partial charge in [-0.25, -0.2) is 14.6 Å². The number of rotatable bonds is 5. The van der Waals surface area contributed by atoms with Crippen LogP contribution in [0.1, 0.15) is 29.8 Å². The minimum atomic E-state index is -1.17. The third kappa shape index (κ3) is 4.63. The van der Waals surface area contributed by atoms with E-state index in [1.165, 1.54) is 0 Å². The van der Waals surface area contributed by atoms with Crippen LogP contribution in [0.4, 0.5) is 4.79 Å². The third-order valence-electron chi connectivity index (χ3n) is 4.63. The van der Waals surface area contributed by atoms with Crippen LogP contribution in [0.15, 0.2) is 54.6 Å². The summed E-state index contributed by atoms with van der Waals surface area (Å²) in [4.78, 5) is 41.0. The first-order valence-electron chi connectivity index (χ1n) is 9.54. The zero-order valence-corrected chi connectivity index (χ0v) is 17.0. The molecule has 1 heterocycles. The Bertz CT molecular complexity index is 1110. The summed E-state index contributed by atoms with van der Waals surface area (Å²) in [5.74, 6) is -1.80. The number of hydrogen-bond donors (Lipinski definition) is 2. The highest BCUT2D eigenvalue weighted by Crippen LogP contribution is 2.26. The molecule has 3 N–H and O–H groups in total. The van der Waals surface area contributed by atoms with Gasteiger partial charge in [-0.15, -0.1) is 0 Å². The summed E-state index contributed by atoms with van der Waals surface area (Å²) >= 11 is 0. The molecule has 0 fully saturated rings. The standard InChI is InChI=1S/C23H23N3O4/c1-13(2)20(21(27)26-23(24)29)30-22(28)17-12-19(15-10-8-14(3)9-11-15)25-18-7-5-4-6-16(17)18/h4-13,20H,1-3H3,(H3,24,26,27,29)/t20-/m0/s1. The van der Waals surface area contributed by atoms with Gasteiger partial charge in [-0.3, -0.25) is 10.1 Å². The van der Waals surface area contributed by atoms with Crippen LogP contribution >= 0.6 is 0 Å². The van der Waals surface area contributed by atoms with Gasteiger partial charge in [-0.2, -0.15) is 0 Å². The molecule has 0 bridgehead atoms. The second-order valence-corrected chi connectivity index (χ2v) is 7.36. The first-order valence-corrected chi connectivity index (χ1v) is 9.54. The number of amides is 3. The Kier molecular flexibility index (Phi) is 6.11. The number of aromatic nitrogens is 1. The highest BCUT2D eigenvalue weighted by Gasteiger charge is 2.29. The van der Waals surface area contributed by atoms with Crippen molar-refractivity contribution in [2.75, 3.05) is 0 Å². The van der Waals surface area contributed by atoms with Crippen molar-refractivity contribution in [1.29, 1.82) is 0 Å². The third-order valence-corrected chi connectivity index (χ3v) is 4.63. The van der Waals surface area contributed by atoms with Crippen molar-refractivity contribution in [3.05, 3.63) is 65.7 Å². The molecule has 2 aromatic carbocycles. The summed E-state index contributed by atoms with van der Waals surface area (Å²) in [6, 6.07) is 15.6. The number of nitrogens with zero attached hydrogens (tertiary/aromatic N) is 1. The van der Waals surface area contributed by atoms with Gasteiger partial charge in [0.15, 0.2) is 6.10 Å². The first kappa shape index (κ1) is 21.0. The van der Waals surface area contributed by atoms with Gasteiger partial charge in [0, 0.05) is 10.9 Å². The molecular weight excluding hydrogens is 382 g/mol. The van der Waals surface area contributed by atoms with Crippen LogP contribution in [0.25, 0.3) is 22.2 Å². The number of hydrogen-bond acceptors (Lipinski definition) is 5. The number of aryl methyl sites for hydroxylation is 1. The minimum absolute atomic E-state index is 0.286. The van der Waals surface area contributed by atoms with Crippen molar-refractivity contribution in [1.82, 2.24) is 10.3 Å². The Hall–Kier alpha value is -3.74. The van der Waals surface area contributed by atoms with Gasteiger partial charge in [0.2, 0.25) is 0 Å². The predicted octanol–water partition coefficient (Wildman–Crippen LogP) is 3.59. The number of ether oxygens (including phenoxy) is 1. The van der Waals surface area contributed by atoms with Gasteiger partial charge >= 0.3 is 12.0 Å². The number of pyridine rings is 1. The summed E-state index contributed by atoms with van der Waals surface area (Å²) in [7, 11) is 0. The molecule has 0 aliphatic carbocycles. The first-order chi connectivity index (χ1) is 14.3. The number of benzene rings is 2. The maximum atomic E-state index is 13.1. The van der Waals surface area contributed by atoms with E-state index >= 15 is 0 Å². The number of carbonyl (C=O) groups excluding carboxylic acids is 3. The zero-order valence-electron chi connectivity index (χ0n) is 17.0. The molecule has 0 spiro atoms. The largest absolute Gasteiger partial charge is 0.448 e. The van der Waals surface area contributed by atoms with Crippen molar-refractivity contribution in [3.63, 3.8) is 0 Å². The molecule has 7 heteroatoms. The number of primary amides is 1. The van der Waals surface area contributed by atoms with Crippen LogP contribution in [0.3, 0.4) is 0 Å². The zero-order chi connectivity index (χ0) is 21.8. The SMILES string of the molecule is Cc1ccc(-c2cc(C(=O)O[C@H](C(=O)NC(N)=O)C(C)C)c3ccccc3n2)cc1. The van der Waals surface area contributed by atoms with E-state index in [1.807, 2.05) is 48.6 Å². The molecule has 0 saturated heterocycles. The maximum Gasteiger partial charge on any atom is 0.339 e. The summed E-state index contributed by atoms with van der Waals surface area (Å²) in [5, 5.41) is 2.58. The average molecular weight is 405 g/mol. The van der Waals surface area contributed by atoms with E-state index in [1.54, 1.807) is 32.0 Å². The van der Waals surface area contributed by atoms with Crippen molar-refractivity contribution < 1.29 is 19.1 Å². The monoisotopic (exact) mass is 405 g/mol. The van der Waals surface area contributed by atoms with E-state index in [0.717, 1.165) is 11.1 Å². The van der Waals surface area contributed by atoms with Gasteiger partial charge in [-0.1, -0.05) is 61.9 Å². The fraction of sp³-hybridized carbons (Fsp3) is 0.217. The van der Waals surface area contributed by atoms with E-state index in [2.05, 4.69) is 4.98 Å². The van der Waals surface area contributed by atoms with Crippen LogP contribution in [0.5, 0.6) is 0 Å². The molecule has 0 aliphatic heterocycles. The van der Waals surface area contributed by atoms with Crippen LogP contribution in [0, 0.1) is 12.8 Å². The van der Waals surface area contributed by atoms with E-state index in [0.29, 0.717) is 16.6 Å². The lowest BCUT2D eigenvalue weighted by Crippen LogP contribution is -2.45. The highest BCUT2D eigenvalue weighted by atomic mass is 16.5. The highest BCUT2D eigenvalue weighted by molar-refractivity contribution is 6.06. The fourth-order valence-electron chi connectivity index (χ4n) is 3.08. The van der Waals surface area contributed by atoms with E-state index in [9.17, 15) is 14.4 Å². The molecule has 30 heavy (non-hydrogen) atoms. The number of esters is 1. The molecule has 0 saturated carbocycles. The Labute approximate surface area is 174 Å². The number of imide groups is 1. The molecular formula is C23H23N3O4. The van der Waals surface area contributed by atoms with Gasteiger partial charge in [0.1, 0.15) is 0 Å². The molecule has 0 unspecified atom stereocenters. The Morgan fingerprint density at radius 1 is 1.03 bits per heavy atom. The van der Waals surface area contributed by atoms with Gasteiger partial charge in [0.25, 0.3) is 5.91 Å². The van der Waals surface area contributed by atoms with Crippen molar-refractivity contribution >= 4 is 28.8 Å². The van der Waals surface area contributed by atoms with Gasteiger partial charge in [0.05, 0.1) is 16.8 Å². The predicted molar refractivity (Wildman–Crippen MR) is 114 cm³/mol. The molecule has 1 atom stereocenters. The maximum absolute atomic E-state index is 13.1. The molecule has 3 amide bonds. The summed E-state index contributed by atoms with van der Waals surface area (Å²) in [5.41, 5.74) is 8.52. The average Bonchev–Trinajstić information content (AvgIpc) is 2.70. The van der Waals surface area contributed by atoms with Crippen LogP contribution in [-0.2, 0) is 9.53 Å². The van der Waals surface area contributed by atoms with Crippen molar-refractivity contribution in [3.8, 4) is 11.3 Å². The Morgan fingerprint density at radius 2 is 1.70 bits per heavy atom. The fourth-order valence-corrected chi connectivity index (χ4v) is 3.08. The molecule has 7 nitrogen and oxygen atoms in total. The van der Waals surface area contributed by atoms with Crippen molar-refractivity contribution in [2.24, 2.45) is 11.7 Å². The molecule has 0 aliphatic rings. The number of nitrogens with two attached hydrogens (primary N) is 1. The molecule has 3 rings (SSSR count). The topological polar surface area (TPSA) is 111 Å². The number of nitrogens with one attached hydrogen (secondary N) is 1. The summed E-state index contributed by atoms with van der Waals surface area (Å²) in [6.45, 7) is 5.41. The molecule has 0 radical (unpaired) electrons. The molecule has 1 aromatic heterocycles. The summed E-state index contributed by atoms with van der Waals surface area (Å²) < 4.78 is 5.49. The molecule has 154 valence electrons.